The van der Waals surface area contributed by atoms with Crippen LogP contribution in [0.1, 0.15) is 26.2 Å². The molecule has 1 aliphatic rings. The van der Waals surface area contributed by atoms with Crippen LogP contribution in [0.2, 0.25) is 0 Å². The molecule has 0 spiro atoms. The Morgan fingerprint density at radius 2 is 2.25 bits per heavy atom. The molecule has 0 aromatic heterocycles. The van der Waals surface area contributed by atoms with Crippen LogP contribution in [-0.4, -0.2) is 24.2 Å². The summed E-state index contributed by atoms with van der Waals surface area (Å²) in [6.07, 6.45) is 2.51. The Labute approximate surface area is 72.2 Å². The molecule has 1 saturated carbocycles. The molecule has 0 aliphatic heterocycles. The van der Waals surface area contributed by atoms with Crippen molar-refractivity contribution in [1.29, 1.82) is 0 Å². The Balaban J connectivity index is 2.35. The van der Waals surface area contributed by atoms with Crippen molar-refractivity contribution in [1.82, 2.24) is 0 Å². The summed E-state index contributed by atoms with van der Waals surface area (Å²) in [5, 5.41) is 0. The molecule has 1 amide bonds. The molecule has 1 aliphatic carbocycles. The topological polar surface area (TPSA) is 78.3 Å². The van der Waals surface area contributed by atoms with Gasteiger partial charge in [0.2, 0.25) is 5.91 Å². The predicted octanol–water partition coefficient (Wildman–Crippen LogP) is -0.243. The van der Waals surface area contributed by atoms with Crippen LogP contribution in [0.15, 0.2) is 0 Å². The van der Waals surface area contributed by atoms with Gasteiger partial charge in [-0.2, -0.15) is 0 Å². The van der Waals surface area contributed by atoms with Gasteiger partial charge in [-0.1, -0.05) is 0 Å². The molecular formula is C8H16N2O2. The van der Waals surface area contributed by atoms with Crippen LogP contribution < -0.4 is 11.5 Å². The molecule has 0 heterocycles. The number of amides is 1. The lowest BCUT2D eigenvalue weighted by Crippen LogP contribution is -2.38. The van der Waals surface area contributed by atoms with Crippen LogP contribution in [0.5, 0.6) is 0 Å². The van der Waals surface area contributed by atoms with E-state index in [9.17, 15) is 4.79 Å². The number of carbonyl (C=O) groups is 1. The van der Waals surface area contributed by atoms with Crippen molar-refractivity contribution in [3.63, 3.8) is 0 Å². The summed E-state index contributed by atoms with van der Waals surface area (Å²) in [4.78, 5) is 10.7. The van der Waals surface area contributed by atoms with Gasteiger partial charge in [-0.25, -0.2) is 0 Å². The molecule has 0 radical (unpaired) electrons. The van der Waals surface area contributed by atoms with Crippen molar-refractivity contribution < 1.29 is 9.53 Å². The first-order valence-electron chi connectivity index (χ1n) is 4.31. The molecule has 70 valence electrons. The molecule has 0 aromatic rings. The average molecular weight is 172 g/mol. The summed E-state index contributed by atoms with van der Waals surface area (Å²) in [5.41, 5.74) is 10.8. The largest absolute Gasteiger partial charge is 0.367 e. The minimum atomic E-state index is -0.515. The number of hydrogen-bond donors (Lipinski definition) is 2. The van der Waals surface area contributed by atoms with Gasteiger partial charge in [-0.3, -0.25) is 4.79 Å². The van der Waals surface area contributed by atoms with E-state index in [0.717, 1.165) is 19.3 Å². The van der Waals surface area contributed by atoms with E-state index < -0.39 is 12.0 Å². The van der Waals surface area contributed by atoms with E-state index in [2.05, 4.69) is 0 Å². The van der Waals surface area contributed by atoms with E-state index in [1.807, 2.05) is 0 Å². The molecule has 3 atom stereocenters. The lowest BCUT2D eigenvalue weighted by molar-refractivity contribution is -0.132. The number of nitrogens with two attached hydrogens (primary N) is 2. The van der Waals surface area contributed by atoms with E-state index in [1.54, 1.807) is 6.92 Å². The highest BCUT2D eigenvalue weighted by Gasteiger charge is 2.27. The van der Waals surface area contributed by atoms with E-state index in [1.165, 1.54) is 0 Å². The Bertz CT molecular complexity index is 172. The number of ether oxygens (including phenoxy) is 1. The zero-order valence-electron chi connectivity index (χ0n) is 7.32. The zero-order chi connectivity index (χ0) is 9.14. The molecule has 0 aromatic carbocycles. The smallest absolute Gasteiger partial charge is 0.246 e. The highest BCUT2D eigenvalue weighted by atomic mass is 16.5. The van der Waals surface area contributed by atoms with E-state index in [0.29, 0.717) is 0 Å². The third-order valence-electron chi connectivity index (χ3n) is 2.28. The first-order valence-corrected chi connectivity index (χ1v) is 4.31. The number of rotatable bonds is 3. The Morgan fingerprint density at radius 3 is 2.67 bits per heavy atom. The fourth-order valence-electron chi connectivity index (χ4n) is 1.45. The quantitative estimate of drug-likeness (QED) is 0.616. The molecular weight excluding hydrogens is 156 g/mol. The Hall–Kier alpha value is -0.610. The Kier molecular flexibility index (Phi) is 3.05. The Morgan fingerprint density at radius 1 is 1.58 bits per heavy atom. The third-order valence-corrected chi connectivity index (χ3v) is 2.28. The van der Waals surface area contributed by atoms with Gasteiger partial charge >= 0.3 is 0 Å². The SMILES string of the molecule is CC(OC1CCCC1N)C(N)=O. The summed E-state index contributed by atoms with van der Waals surface area (Å²) in [7, 11) is 0. The third kappa shape index (κ3) is 2.19. The molecule has 12 heavy (non-hydrogen) atoms. The van der Waals surface area contributed by atoms with Gasteiger partial charge in [0.25, 0.3) is 0 Å². The molecule has 4 N–H and O–H groups in total. The van der Waals surface area contributed by atoms with Crippen molar-refractivity contribution >= 4 is 5.91 Å². The van der Waals surface area contributed by atoms with Crippen LogP contribution in [0.4, 0.5) is 0 Å². The molecule has 3 unspecified atom stereocenters. The summed E-state index contributed by atoms with van der Waals surface area (Å²) in [6.45, 7) is 1.66. The fourth-order valence-corrected chi connectivity index (χ4v) is 1.45. The lowest BCUT2D eigenvalue weighted by Gasteiger charge is -2.19. The van der Waals surface area contributed by atoms with Gasteiger partial charge in [0.15, 0.2) is 0 Å². The maximum absolute atomic E-state index is 10.7. The minimum Gasteiger partial charge on any atom is -0.367 e. The van der Waals surface area contributed by atoms with Crippen LogP contribution in [-0.2, 0) is 9.53 Å². The second kappa shape index (κ2) is 3.87. The minimum absolute atomic E-state index is 0.0208. The van der Waals surface area contributed by atoms with Crippen molar-refractivity contribution in [3.05, 3.63) is 0 Å². The highest BCUT2D eigenvalue weighted by Crippen LogP contribution is 2.21. The molecule has 4 heteroatoms. The maximum Gasteiger partial charge on any atom is 0.246 e. The average Bonchev–Trinajstić information content (AvgIpc) is 2.36. The van der Waals surface area contributed by atoms with Crippen molar-refractivity contribution in [2.75, 3.05) is 0 Å². The fraction of sp³-hybridized carbons (Fsp3) is 0.875. The van der Waals surface area contributed by atoms with Crippen molar-refractivity contribution in [3.8, 4) is 0 Å². The molecule has 0 saturated heterocycles. The second-order valence-electron chi connectivity index (χ2n) is 3.31. The van der Waals surface area contributed by atoms with Crippen LogP contribution in [0, 0.1) is 0 Å². The van der Waals surface area contributed by atoms with E-state index in [-0.39, 0.29) is 12.1 Å². The number of carbonyl (C=O) groups excluding carboxylic acids is 1. The summed E-state index contributed by atoms with van der Waals surface area (Å²) in [6, 6.07) is 0.0757. The van der Waals surface area contributed by atoms with Crippen molar-refractivity contribution in [2.24, 2.45) is 11.5 Å². The van der Waals surface area contributed by atoms with E-state index >= 15 is 0 Å². The van der Waals surface area contributed by atoms with Gasteiger partial charge in [-0.05, 0) is 26.2 Å². The summed E-state index contributed by atoms with van der Waals surface area (Å²) < 4.78 is 5.39. The second-order valence-corrected chi connectivity index (χ2v) is 3.31. The summed E-state index contributed by atoms with van der Waals surface area (Å²) >= 11 is 0. The predicted molar refractivity (Wildman–Crippen MR) is 45.4 cm³/mol. The lowest BCUT2D eigenvalue weighted by atomic mass is 10.2. The van der Waals surface area contributed by atoms with Crippen LogP contribution >= 0.6 is 0 Å². The number of primary amides is 1. The van der Waals surface area contributed by atoms with Gasteiger partial charge in [-0.15, -0.1) is 0 Å². The molecule has 0 bridgehead atoms. The van der Waals surface area contributed by atoms with Gasteiger partial charge in [0.05, 0.1) is 6.10 Å². The first kappa shape index (κ1) is 9.48. The van der Waals surface area contributed by atoms with Crippen molar-refractivity contribution in [2.45, 2.75) is 44.4 Å². The normalized spacial score (nSPS) is 31.8. The van der Waals surface area contributed by atoms with Crippen LogP contribution in [0.3, 0.4) is 0 Å². The summed E-state index contributed by atoms with van der Waals surface area (Å²) in [5.74, 6) is -0.422. The standard InChI is InChI=1S/C8H16N2O2/c1-5(8(10)11)12-7-4-2-3-6(7)9/h5-7H,2-4,9H2,1H3,(H2,10,11). The van der Waals surface area contributed by atoms with Gasteiger partial charge < -0.3 is 16.2 Å². The molecule has 1 fully saturated rings. The zero-order valence-corrected chi connectivity index (χ0v) is 7.32. The van der Waals surface area contributed by atoms with Gasteiger partial charge in [0.1, 0.15) is 6.10 Å². The maximum atomic E-state index is 10.7. The highest BCUT2D eigenvalue weighted by molar-refractivity contribution is 5.78. The van der Waals surface area contributed by atoms with E-state index in [4.69, 9.17) is 16.2 Å². The monoisotopic (exact) mass is 172 g/mol. The number of hydrogen-bond acceptors (Lipinski definition) is 3. The first-order chi connectivity index (χ1) is 5.61. The van der Waals surface area contributed by atoms with Gasteiger partial charge in [0, 0.05) is 6.04 Å². The van der Waals surface area contributed by atoms with Crippen LogP contribution in [0.25, 0.3) is 0 Å². The molecule has 4 nitrogen and oxygen atoms in total. The molecule has 1 rings (SSSR count).